The molecule has 0 atom stereocenters. The highest BCUT2D eigenvalue weighted by molar-refractivity contribution is 5.89. The SMILES string of the molecule is O=c1ccc(/C=C/c2n[nH]c3ccccc23)c[nH]1. The fraction of sp³-hybridized carbons (Fsp3) is 0. The Morgan fingerprint density at radius 3 is 2.78 bits per heavy atom. The summed E-state index contributed by atoms with van der Waals surface area (Å²) >= 11 is 0. The van der Waals surface area contributed by atoms with Gasteiger partial charge in [-0.1, -0.05) is 24.3 Å². The van der Waals surface area contributed by atoms with Gasteiger partial charge < -0.3 is 4.98 Å². The third kappa shape index (κ3) is 1.96. The molecule has 0 aliphatic carbocycles. The molecule has 0 amide bonds. The first kappa shape index (κ1) is 10.5. The highest BCUT2D eigenvalue weighted by Crippen LogP contribution is 2.17. The average Bonchev–Trinajstić information content (AvgIpc) is 2.82. The smallest absolute Gasteiger partial charge is 0.247 e. The molecule has 0 aliphatic heterocycles. The second-order valence-electron chi connectivity index (χ2n) is 3.97. The molecule has 88 valence electrons. The fourth-order valence-electron chi connectivity index (χ4n) is 1.81. The zero-order valence-electron chi connectivity index (χ0n) is 9.55. The number of rotatable bonds is 2. The molecular formula is C14H11N3O. The van der Waals surface area contributed by atoms with Crippen molar-refractivity contribution < 1.29 is 0 Å². The molecule has 4 heteroatoms. The van der Waals surface area contributed by atoms with Crippen molar-refractivity contribution in [3.63, 3.8) is 0 Å². The van der Waals surface area contributed by atoms with Gasteiger partial charge in [0.25, 0.3) is 0 Å². The molecule has 0 saturated carbocycles. The van der Waals surface area contributed by atoms with E-state index < -0.39 is 0 Å². The summed E-state index contributed by atoms with van der Waals surface area (Å²) < 4.78 is 0. The second-order valence-corrected chi connectivity index (χ2v) is 3.97. The third-order valence-electron chi connectivity index (χ3n) is 2.74. The minimum atomic E-state index is -0.0997. The lowest BCUT2D eigenvalue weighted by molar-refractivity contribution is 1.11. The first-order chi connectivity index (χ1) is 8.83. The number of hydrogen-bond donors (Lipinski definition) is 2. The number of nitrogens with one attached hydrogen (secondary N) is 2. The molecule has 2 N–H and O–H groups in total. The standard InChI is InChI=1S/C14H11N3O/c18-14-8-6-10(9-15-14)5-7-13-11-3-1-2-4-12(11)16-17-13/h1-9H,(H,15,18)(H,16,17)/b7-5+. The first-order valence-electron chi connectivity index (χ1n) is 5.63. The van der Waals surface area contributed by atoms with Crippen molar-refractivity contribution >= 4 is 23.1 Å². The maximum absolute atomic E-state index is 10.9. The third-order valence-corrected chi connectivity index (χ3v) is 2.74. The lowest BCUT2D eigenvalue weighted by atomic mass is 10.2. The van der Waals surface area contributed by atoms with Gasteiger partial charge in [0.1, 0.15) is 0 Å². The summed E-state index contributed by atoms with van der Waals surface area (Å²) in [5.41, 5.74) is 2.73. The molecule has 0 unspecified atom stereocenters. The summed E-state index contributed by atoms with van der Waals surface area (Å²) in [5.74, 6) is 0. The van der Waals surface area contributed by atoms with Gasteiger partial charge in [-0.3, -0.25) is 9.89 Å². The van der Waals surface area contributed by atoms with Crippen LogP contribution in [-0.2, 0) is 0 Å². The normalized spacial score (nSPS) is 11.3. The first-order valence-corrected chi connectivity index (χ1v) is 5.63. The molecule has 3 aromatic rings. The summed E-state index contributed by atoms with van der Waals surface area (Å²) in [7, 11) is 0. The van der Waals surface area contributed by atoms with Crippen LogP contribution < -0.4 is 5.56 Å². The molecule has 4 nitrogen and oxygen atoms in total. The Labute approximate surface area is 103 Å². The minimum Gasteiger partial charge on any atom is -0.329 e. The van der Waals surface area contributed by atoms with Crippen LogP contribution in [0.2, 0.25) is 0 Å². The maximum Gasteiger partial charge on any atom is 0.247 e. The zero-order chi connectivity index (χ0) is 12.4. The van der Waals surface area contributed by atoms with Gasteiger partial charge in [-0.25, -0.2) is 0 Å². The lowest BCUT2D eigenvalue weighted by Gasteiger charge is -1.91. The predicted octanol–water partition coefficient (Wildman–Crippen LogP) is 2.42. The number of nitrogens with zero attached hydrogens (tertiary/aromatic N) is 1. The Hall–Kier alpha value is -2.62. The van der Waals surface area contributed by atoms with Crippen LogP contribution >= 0.6 is 0 Å². The van der Waals surface area contributed by atoms with E-state index in [0.29, 0.717) is 0 Å². The highest BCUT2D eigenvalue weighted by Gasteiger charge is 2.00. The fourth-order valence-corrected chi connectivity index (χ4v) is 1.81. The minimum absolute atomic E-state index is 0.0997. The van der Waals surface area contributed by atoms with Gasteiger partial charge in [-0.15, -0.1) is 0 Å². The van der Waals surface area contributed by atoms with Crippen molar-refractivity contribution in [2.75, 3.05) is 0 Å². The van der Waals surface area contributed by atoms with Gasteiger partial charge in [0.05, 0.1) is 11.2 Å². The molecule has 0 aliphatic rings. The molecule has 3 rings (SSSR count). The largest absolute Gasteiger partial charge is 0.329 e. The van der Waals surface area contributed by atoms with Gasteiger partial charge in [-0.05, 0) is 23.8 Å². The number of fused-ring (bicyclic) bond motifs is 1. The van der Waals surface area contributed by atoms with E-state index in [1.54, 1.807) is 12.3 Å². The number of para-hydroxylation sites is 1. The van der Waals surface area contributed by atoms with Crippen molar-refractivity contribution in [2.45, 2.75) is 0 Å². The van der Waals surface area contributed by atoms with E-state index in [0.717, 1.165) is 22.2 Å². The van der Waals surface area contributed by atoms with Gasteiger partial charge in [-0.2, -0.15) is 5.10 Å². The maximum atomic E-state index is 10.9. The molecule has 2 aromatic heterocycles. The summed E-state index contributed by atoms with van der Waals surface area (Å²) in [6, 6.07) is 11.2. The van der Waals surface area contributed by atoms with E-state index >= 15 is 0 Å². The zero-order valence-corrected chi connectivity index (χ0v) is 9.55. The van der Waals surface area contributed by atoms with Crippen molar-refractivity contribution in [2.24, 2.45) is 0 Å². The number of aromatic amines is 2. The molecule has 2 heterocycles. The van der Waals surface area contributed by atoms with Gasteiger partial charge >= 0.3 is 0 Å². The Morgan fingerprint density at radius 2 is 1.94 bits per heavy atom. The van der Waals surface area contributed by atoms with Crippen molar-refractivity contribution in [1.82, 2.24) is 15.2 Å². The molecule has 0 saturated heterocycles. The molecule has 0 fully saturated rings. The quantitative estimate of drug-likeness (QED) is 0.719. The molecule has 0 bridgehead atoms. The van der Waals surface area contributed by atoms with E-state index in [2.05, 4.69) is 15.2 Å². The van der Waals surface area contributed by atoms with E-state index in [1.807, 2.05) is 36.4 Å². The lowest BCUT2D eigenvalue weighted by Crippen LogP contribution is -2.01. The van der Waals surface area contributed by atoms with E-state index in [4.69, 9.17) is 0 Å². The predicted molar refractivity (Wildman–Crippen MR) is 72.1 cm³/mol. The van der Waals surface area contributed by atoms with Crippen LogP contribution in [-0.4, -0.2) is 15.2 Å². The number of benzene rings is 1. The summed E-state index contributed by atoms with van der Waals surface area (Å²) in [6.45, 7) is 0. The highest BCUT2D eigenvalue weighted by atomic mass is 16.1. The van der Waals surface area contributed by atoms with E-state index in [1.165, 1.54) is 6.07 Å². The molecule has 0 radical (unpaired) electrons. The molecule has 0 spiro atoms. The summed E-state index contributed by atoms with van der Waals surface area (Å²) in [5, 5.41) is 8.30. The average molecular weight is 237 g/mol. The Balaban J connectivity index is 1.96. The molecule has 18 heavy (non-hydrogen) atoms. The van der Waals surface area contributed by atoms with Crippen LogP contribution in [0.3, 0.4) is 0 Å². The number of pyridine rings is 1. The number of hydrogen-bond acceptors (Lipinski definition) is 2. The van der Waals surface area contributed by atoms with Crippen LogP contribution in [0.25, 0.3) is 23.1 Å². The number of aromatic nitrogens is 3. The van der Waals surface area contributed by atoms with Crippen molar-refractivity contribution in [3.8, 4) is 0 Å². The van der Waals surface area contributed by atoms with Gasteiger partial charge in [0, 0.05) is 17.6 Å². The Bertz CT molecular complexity index is 747. The van der Waals surface area contributed by atoms with Crippen molar-refractivity contribution in [1.29, 1.82) is 0 Å². The van der Waals surface area contributed by atoms with Crippen molar-refractivity contribution in [3.05, 3.63) is 64.2 Å². The number of H-pyrrole nitrogens is 2. The molecule has 1 aromatic carbocycles. The van der Waals surface area contributed by atoms with Crippen LogP contribution in [0, 0.1) is 0 Å². The van der Waals surface area contributed by atoms with E-state index in [-0.39, 0.29) is 5.56 Å². The Morgan fingerprint density at radius 1 is 1.06 bits per heavy atom. The van der Waals surface area contributed by atoms with Crippen LogP contribution in [0.15, 0.2) is 47.4 Å². The summed E-state index contributed by atoms with van der Waals surface area (Å²) in [4.78, 5) is 13.6. The molecular weight excluding hydrogens is 226 g/mol. The van der Waals surface area contributed by atoms with Crippen LogP contribution in [0.4, 0.5) is 0 Å². The van der Waals surface area contributed by atoms with E-state index in [9.17, 15) is 4.79 Å². The monoisotopic (exact) mass is 237 g/mol. The van der Waals surface area contributed by atoms with Gasteiger partial charge in [0.2, 0.25) is 5.56 Å². The van der Waals surface area contributed by atoms with Crippen LogP contribution in [0.1, 0.15) is 11.3 Å². The van der Waals surface area contributed by atoms with Gasteiger partial charge in [0.15, 0.2) is 0 Å². The second kappa shape index (κ2) is 4.33. The van der Waals surface area contributed by atoms with Crippen LogP contribution in [0.5, 0.6) is 0 Å². The Kier molecular flexibility index (Phi) is 2.53. The topological polar surface area (TPSA) is 61.5 Å². The summed E-state index contributed by atoms with van der Waals surface area (Å²) in [6.07, 6.45) is 5.51.